The zero-order valence-corrected chi connectivity index (χ0v) is 19.3. The van der Waals surface area contributed by atoms with Crippen LogP contribution in [0.3, 0.4) is 0 Å². The molecule has 0 spiro atoms. The van der Waals surface area contributed by atoms with Crippen molar-refractivity contribution in [3.05, 3.63) is 59.8 Å². The van der Waals surface area contributed by atoms with Crippen molar-refractivity contribution in [2.45, 2.75) is 32.1 Å². The monoisotopic (exact) mass is 441 g/mol. The van der Waals surface area contributed by atoms with Crippen molar-refractivity contribution in [1.29, 1.82) is 0 Å². The molecular formula is C24H31N3O3S. The lowest BCUT2D eigenvalue weighted by Gasteiger charge is -2.34. The second-order valence-electron chi connectivity index (χ2n) is 8.24. The smallest absolute Gasteiger partial charge is 0.229 e. The van der Waals surface area contributed by atoms with Crippen molar-refractivity contribution < 1.29 is 13.2 Å². The van der Waals surface area contributed by atoms with Gasteiger partial charge < -0.3 is 14.6 Å². The standard InChI is InChI=1S/C24H31N3O3S/c1-4-24(5-2,18-9-11-19(12-10-18)27-13-15-30-16-14-27)21-17-25-23-20(21)7-6-8-22(23)26-31(3,28)29/h6-12,17,25-26H,4-5,13-16H2,1-3H3. The first-order valence-electron chi connectivity index (χ1n) is 10.9. The minimum Gasteiger partial charge on any atom is -0.378 e. The Morgan fingerprint density at radius 3 is 2.35 bits per heavy atom. The van der Waals surface area contributed by atoms with Crippen LogP contribution >= 0.6 is 0 Å². The molecular weight excluding hydrogens is 410 g/mol. The Labute approximate surface area is 184 Å². The minimum absolute atomic E-state index is 0.161. The molecule has 4 rings (SSSR count). The average Bonchev–Trinajstić information content (AvgIpc) is 3.21. The number of nitrogens with zero attached hydrogens (tertiary/aromatic N) is 1. The molecule has 1 aliphatic rings. The van der Waals surface area contributed by atoms with Gasteiger partial charge in [0, 0.05) is 35.8 Å². The molecule has 0 bridgehead atoms. The quantitative estimate of drug-likeness (QED) is 0.567. The van der Waals surface area contributed by atoms with Crippen LogP contribution in [0.15, 0.2) is 48.7 Å². The zero-order chi connectivity index (χ0) is 22.1. The minimum atomic E-state index is -3.36. The van der Waals surface area contributed by atoms with E-state index in [1.807, 2.05) is 12.3 Å². The van der Waals surface area contributed by atoms with Crippen molar-refractivity contribution in [2.24, 2.45) is 0 Å². The third-order valence-electron chi connectivity index (χ3n) is 6.53. The average molecular weight is 442 g/mol. The number of sulfonamides is 1. The van der Waals surface area contributed by atoms with E-state index < -0.39 is 10.0 Å². The first kappa shape index (κ1) is 21.7. The van der Waals surface area contributed by atoms with E-state index in [-0.39, 0.29) is 5.41 Å². The summed E-state index contributed by atoms with van der Waals surface area (Å²) in [5.74, 6) is 0. The number of fused-ring (bicyclic) bond motifs is 1. The Morgan fingerprint density at radius 2 is 1.74 bits per heavy atom. The highest BCUT2D eigenvalue weighted by Gasteiger charge is 2.33. The van der Waals surface area contributed by atoms with Crippen molar-refractivity contribution in [3.8, 4) is 0 Å². The molecule has 0 unspecified atom stereocenters. The number of H-pyrrole nitrogens is 1. The molecule has 1 aromatic heterocycles. The highest BCUT2D eigenvalue weighted by molar-refractivity contribution is 7.92. The Bertz CT molecular complexity index is 1140. The highest BCUT2D eigenvalue weighted by atomic mass is 32.2. The van der Waals surface area contributed by atoms with Crippen LogP contribution in [-0.2, 0) is 20.2 Å². The molecule has 1 saturated heterocycles. The maximum Gasteiger partial charge on any atom is 0.229 e. The Kier molecular flexibility index (Phi) is 5.99. The third kappa shape index (κ3) is 4.16. The first-order valence-corrected chi connectivity index (χ1v) is 12.8. The molecule has 2 N–H and O–H groups in total. The molecule has 7 heteroatoms. The van der Waals surface area contributed by atoms with E-state index in [4.69, 9.17) is 4.74 Å². The number of rotatable bonds is 7. The summed E-state index contributed by atoms with van der Waals surface area (Å²) >= 11 is 0. The number of aromatic amines is 1. The predicted octanol–water partition coefficient (Wildman–Crippen LogP) is 4.48. The molecule has 6 nitrogen and oxygen atoms in total. The molecule has 2 aromatic carbocycles. The summed E-state index contributed by atoms with van der Waals surface area (Å²) in [4.78, 5) is 5.70. The van der Waals surface area contributed by atoms with Crippen LogP contribution in [0.25, 0.3) is 10.9 Å². The molecule has 3 aromatic rings. The van der Waals surface area contributed by atoms with Crippen LogP contribution in [0.4, 0.5) is 11.4 Å². The number of morpholine rings is 1. The fourth-order valence-corrected chi connectivity index (χ4v) is 5.41. The third-order valence-corrected chi connectivity index (χ3v) is 7.12. The van der Waals surface area contributed by atoms with Gasteiger partial charge in [-0.2, -0.15) is 0 Å². The van der Waals surface area contributed by atoms with E-state index in [9.17, 15) is 8.42 Å². The van der Waals surface area contributed by atoms with Crippen LogP contribution in [-0.4, -0.2) is 46.0 Å². The van der Waals surface area contributed by atoms with Crippen LogP contribution in [0, 0.1) is 0 Å². The van der Waals surface area contributed by atoms with Gasteiger partial charge in [-0.25, -0.2) is 8.42 Å². The largest absolute Gasteiger partial charge is 0.378 e. The molecule has 1 fully saturated rings. The van der Waals surface area contributed by atoms with Crippen molar-refractivity contribution in [1.82, 2.24) is 4.98 Å². The number of ether oxygens (including phenoxy) is 1. The van der Waals surface area contributed by atoms with Crippen LogP contribution in [0.5, 0.6) is 0 Å². The molecule has 0 radical (unpaired) electrons. The van der Waals surface area contributed by atoms with Crippen molar-refractivity contribution in [2.75, 3.05) is 42.2 Å². The Morgan fingerprint density at radius 1 is 1.06 bits per heavy atom. The van der Waals surface area contributed by atoms with Crippen molar-refractivity contribution in [3.63, 3.8) is 0 Å². The van der Waals surface area contributed by atoms with E-state index in [0.29, 0.717) is 5.69 Å². The molecule has 31 heavy (non-hydrogen) atoms. The number of aromatic nitrogens is 1. The maximum atomic E-state index is 11.8. The normalized spacial score (nSPS) is 15.4. The van der Waals surface area contributed by atoms with E-state index in [1.165, 1.54) is 23.1 Å². The van der Waals surface area contributed by atoms with Gasteiger partial charge in [0.25, 0.3) is 0 Å². The van der Waals surface area contributed by atoms with Crippen LogP contribution in [0.2, 0.25) is 0 Å². The lowest BCUT2D eigenvalue weighted by atomic mass is 9.70. The lowest BCUT2D eigenvalue weighted by molar-refractivity contribution is 0.122. The maximum absolute atomic E-state index is 11.8. The molecule has 0 amide bonds. The van der Waals surface area contributed by atoms with Crippen LogP contribution < -0.4 is 9.62 Å². The summed E-state index contributed by atoms with van der Waals surface area (Å²) in [6.07, 6.45) is 5.10. The van der Waals surface area contributed by atoms with Crippen molar-refractivity contribution >= 4 is 32.3 Å². The van der Waals surface area contributed by atoms with E-state index >= 15 is 0 Å². The summed E-state index contributed by atoms with van der Waals surface area (Å²) in [6, 6.07) is 14.7. The van der Waals surface area contributed by atoms with Crippen LogP contribution in [0.1, 0.15) is 37.8 Å². The first-order chi connectivity index (χ1) is 14.9. The van der Waals surface area contributed by atoms with Gasteiger partial charge in [-0.1, -0.05) is 38.1 Å². The summed E-state index contributed by atoms with van der Waals surface area (Å²) < 4.78 is 31.7. The van der Waals surface area contributed by atoms with Gasteiger partial charge in [-0.15, -0.1) is 0 Å². The van der Waals surface area contributed by atoms with E-state index in [1.54, 1.807) is 6.07 Å². The Hall–Kier alpha value is -2.51. The van der Waals surface area contributed by atoms with Gasteiger partial charge in [-0.05, 0) is 42.2 Å². The number of anilines is 2. The predicted molar refractivity (Wildman–Crippen MR) is 128 cm³/mol. The van der Waals surface area contributed by atoms with Gasteiger partial charge >= 0.3 is 0 Å². The van der Waals surface area contributed by atoms with Gasteiger partial charge in [0.2, 0.25) is 10.0 Å². The molecule has 0 atom stereocenters. The summed E-state index contributed by atoms with van der Waals surface area (Å²) in [5, 5.41) is 1.05. The summed E-state index contributed by atoms with van der Waals surface area (Å²) in [5.41, 5.74) is 4.94. The van der Waals surface area contributed by atoms with Gasteiger partial charge in [0.05, 0.1) is 30.7 Å². The zero-order valence-electron chi connectivity index (χ0n) is 18.4. The SMILES string of the molecule is CCC(CC)(c1ccc(N2CCOCC2)cc1)c1c[nH]c2c(NS(C)(=O)=O)cccc12. The van der Waals surface area contributed by atoms with Gasteiger partial charge in [0.15, 0.2) is 0 Å². The molecule has 1 aliphatic heterocycles. The Balaban J connectivity index is 1.76. The summed E-state index contributed by atoms with van der Waals surface area (Å²) in [7, 11) is -3.36. The molecule has 166 valence electrons. The highest BCUT2D eigenvalue weighted by Crippen LogP contribution is 2.43. The van der Waals surface area contributed by atoms with E-state index in [0.717, 1.165) is 50.0 Å². The second-order valence-corrected chi connectivity index (χ2v) is 9.99. The molecule has 0 aliphatic carbocycles. The van der Waals surface area contributed by atoms with E-state index in [2.05, 4.69) is 58.8 Å². The number of hydrogen-bond acceptors (Lipinski definition) is 4. The van der Waals surface area contributed by atoms with Gasteiger partial charge in [-0.3, -0.25) is 4.72 Å². The second kappa shape index (κ2) is 8.55. The fraction of sp³-hybridized carbons (Fsp3) is 0.417. The summed E-state index contributed by atoms with van der Waals surface area (Å²) in [6.45, 7) is 7.83. The molecule has 2 heterocycles. The lowest BCUT2D eigenvalue weighted by Crippen LogP contribution is -2.36. The number of benzene rings is 2. The van der Waals surface area contributed by atoms with Gasteiger partial charge in [0.1, 0.15) is 0 Å². The number of hydrogen-bond donors (Lipinski definition) is 2. The fourth-order valence-electron chi connectivity index (χ4n) is 4.84. The molecule has 0 saturated carbocycles. The number of para-hydroxylation sites is 1. The topological polar surface area (TPSA) is 74.4 Å². The number of nitrogens with one attached hydrogen (secondary N) is 2.